The minimum atomic E-state index is 0.414. The fraction of sp³-hybridized carbons (Fsp3) is 0.692. The van der Waals surface area contributed by atoms with E-state index in [1.807, 2.05) is 20.2 Å². The lowest BCUT2D eigenvalue weighted by Crippen LogP contribution is -2.22. The van der Waals surface area contributed by atoms with Crippen LogP contribution in [0.3, 0.4) is 0 Å². The zero-order chi connectivity index (χ0) is 12.8. The van der Waals surface area contributed by atoms with Crippen LogP contribution in [0.2, 0.25) is 0 Å². The molecule has 1 aromatic rings. The molecule has 2 heterocycles. The third kappa shape index (κ3) is 3.57. The number of anilines is 2. The number of hydrogen-bond acceptors (Lipinski definition) is 5. The summed E-state index contributed by atoms with van der Waals surface area (Å²) in [5, 5.41) is 6.31. The molecule has 0 aromatic carbocycles. The van der Waals surface area contributed by atoms with Crippen LogP contribution >= 0.6 is 0 Å². The molecule has 0 spiro atoms. The standard InChI is InChI=1S/C13H22N4O/c1-10-9-16-13(14-2)17-12(10)15-7-6-11-5-3-4-8-18-11/h9,11H,3-8H2,1-2H3,(H2,14,15,16,17). The van der Waals surface area contributed by atoms with Gasteiger partial charge < -0.3 is 15.4 Å². The summed E-state index contributed by atoms with van der Waals surface area (Å²) >= 11 is 0. The maximum atomic E-state index is 5.71. The SMILES string of the molecule is CNc1ncc(C)c(NCCC2CCCCO2)n1. The summed E-state index contributed by atoms with van der Waals surface area (Å²) in [6, 6.07) is 0. The first-order valence-corrected chi connectivity index (χ1v) is 6.66. The fourth-order valence-corrected chi connectivity index (χ4v) is 2.13. The van der Waals surface area contributed by atoms with Gasteiger partial charge in [0.1, 0.15) is 5.82 Å². The predicted octanol–water partition coefficient (Wildman–Crippen LogP) is 2.20. The van der Waals surface area contributed by atoms with Crippen molar-refractivity contribution < 1.29 is 4.74 Å². The molecular weight excluding hydrogens is 228 g/mol. The first-order chi connectivity index (χ1) is 8.79. The highest BCUT2D eigenvalue weighted by Gasteiger charge is 2.13. The number of aromatic nitrogens is 2. The van der Waals surface area contributed by atoms with Crippen LogP contribution in [0.4, 0.5) is 11.8 Å². The molecule has 1 aliphatic rings. The lowest BCUT2D eigenvalue weighted by Gasteiger charge is -2.22. The van der Waals surface area contributed by atoms with Crippen molar-refractivity contribution in [3.63, 3.8) is 0 Å². The molecule has 1 saturated heterocycles. The Morgan fingerprint density at radius 3 is 3.06 bits per heavy atom. The van der Waals surface area contributed by atoms with Crippen LogP contribution in [0.25, 0.3) is 0 Å². The quantitative estimate of drug-likeness (QED) is 0.839. The lowest BCUT2D eigenvalue weighted by molar-refractivity contribution is 0.0134. The Kier molecular flexibility index (Phi) is 4.75. The van der Waals surface area contributed by atoms with Crippen LogP contribution in [0.1, 0.15) is 31.2 Å². The molecule has 100 valence electrons. The molecule has 0 amide bonds. The monoisotopic (exact) mass is 250 g/mol. The third-order valence-electron chi connectivity index (χ3n) is 3.23. The normalized spacial score (nSPS) is 19.6. The van der Waals surface area contributed by atoms with E-state index in [1.54, 1.807) is 0 Å². The van der Waals surface area contributed by atoms with Gasteiger partial charge in [-0.1, -0.05) is 0 Å². The van der Waals surface area contributed by atoms with Crippen LogP contribution in [0, 0.1) is 6.92 Å². The zero-order valence-corrected chi connectivity index (χ0v) is 11.2. The highest BCUT2D eigenvalue weighted by Crippen LogP contribution is 2.17. The lowest BCUT2D eigenvalue weighted by atomic mass is 10.1. The summed E-state index contributed by atoms with van der Waals surface area (Å²) in [7, 11) is 1.82. The molecule has 2 N–H and O–H groups in total. The van der Waals surface area contributed by atoms with Gasteiger partial charge in [0.2, 0.25) is 5.95 Å². The average Bonchev–Trinajstić information content (AvgIpc) is 2.42. The van der Waals surface area contributed by atoms with Crippen molar-refractivity contribution in [3.8, 4) is 0 Å². The van der Waals surface area contributed by atoms with E-state index < -0.39 is 0 Å². The minimum absolute atomic E-state index is 0.414. The zero-order valence-electron chi connectivity index (χ0n) is 11.2. The van der Waals surface area contributed by atoms with Crippen molar-refractivity contribution in [3.05, 3.63) is 11.8 Å². The number of ether oxygens (including phenoxy) is 1. The molecule has 2 rings (SSSR count). The topological polar surface area (TPSA) is 59.1 Å². The van der Waals surface area contributed by atoms with Crippen LogP contribution in [0.5, 0.6) is 0 Å². The van der Waals surface area contributed by atoms with Crippen molar-refractivity contribution >= 4 is 11.8 Å². The highest BCUT2D eigenvalue weighted by molar-refractivity contribution is 5.46. The van der Waals surface area contributed by atoms with Crippen molar-refractivity contribution in [1.82, 2.24) is 9.97 Å². The summed E-state index contributed by atoms with van der Waals surface area (Å²) in [5.41, 5.74) is 1.07. The Morgan fingerprint density at radius 1 is 1.44 bits per heavy atom. The van der Waals surface area contributed by atoms with Gasteiger partial charge in [0.05, 0.1) is 6.10 Å². The van der Waals surface area contributed by atoms with Crippen molar-refractivity contribution in [2.24, 2.45) is 0 Å². The Morgan fingerprint density at radius 2 is 2.33 bits per heavy atom. The molecule has 1 aromatic heterocycles. The van der Waals surface area contributed by atoms with Crippen molar-refractivity contribution in [2.45, 2.75) is 38.7 Å². The van der Waals surface area contributed by atoms with E-state index in [1.165, 1.54) is 19.3 Å². The molecule has 0 bridgehead atoms. The van der Waals surface area contributed by atoms with Gasteiger partial charge in [0, 0.05) is 32.0 Å². The first kappa shape index (κ1) is 13.1. The maximum absolute atomic E-state index is 5.71. The van der Waals surface area contributed by atoms with E-state index >= 15 is 0 Å². The van der Waals surface area contributed by atoms with Gasteiger partial charge in [-0.05, 0) is 32.6 Å². The largest absolute Gasteiger partial charge is 0.378 e. The first-order valence-electron chi connectivity index (χ1n) is 6.66. The van der Waals surface area contributed by atoms with Gasteiger partial charge in [-0.25, -0.2) is 4.98 Å². The number of nitrogens with zero attached hydrogens (tertiary/aromatic N) is 2. The van der Waals surface area contributed by atoms with Crippen LogP contribution in [-0.2, 0) is 4.74 Å². The molecule has 0 saturated carbocycles. The second-order valence-corrected chi connectivity index (χ2v) is 4.68. The van der Waals surface area contributed by atoms with Crippen molar-refractivity contribution in [1.29, 1.82) is 0 Å². The molecule has 5 nitrogen and oxygen atoms in total. The fourth-order valence-electron chi connectivity index (χ4n) is 2.13. The number of aryl methyl sites for hydroxylation is 1. The summed E-state index contributed by atoms with van der Waals surface area (Å²) in [6.07, 6.45) is 6.97. The minimum Gasteiger partial charge on any atom is -0.378 e. The number of rotatable bonds is 5. The summed E-state index contributed by atoms with van der Waals surface area (Å²) < 4.78 is 5.71. The smallest absolute Gasteiger partial charge is 0.224 e. The summed E-state index contributed by atoms with van der Waals surface area (Å²) in [5.74, 6) is 1.56. The molecule has 1 atom stereocenters. The van der Waals surface area contributed by atoms with E-state index in [-0.39, 0.29) is 0 Å². The van der Waals surface area contributed by atoms with E-state index in [2.05, 4.69) is 20.6 Å². The molecule has 1 aliphatic heterocycles. The van der Waals surface area contributed by atoms with E-state index in [0.29, 0.717) is 12.1 Å². The molecule has 18 heavy (non-hydrogen) atoms. The van der Waals surface area contributed by atoms with Crippen LogP contribution in [-0.4, -0.2) is 36.3 Å². The van der Waals surface area contributed by atoms with Gasteiger partial charge in [0.25, 0.3) is 0 Å². The Hall–Kier alpha value is -1.36. The maximum Gasteiger partial charge on any atom is 0.224 e. The van der Waals surface area contributed by atoms with Gasteiger partial charge in [0.15, 0.2) is 0 Å². The molecule has 1 unspecified atom stereocenters. The van der Waals surface area contributed by atoms with Crippen LogP contribution < -0.4 is 10.6 Å². The Labute approximate surface area is 108 Å². The molecular formula is C13H22N4O. The molecule has 0 aliphatic carbocycles. The van der Waals surface area contributed by atoms with E-state index in [4.69, 9.17) is 4.74 Å². The van der Waals surface area contributed by atoms with E-state index in [0.717, 1.165) is 31.0 Å². The van der Waals surface area contributed by atoms with Gasteiger partial charge in [-0.3, -0.25) is 0 Å². The average molecular weight is 250 g/mol. The van der Waals surface area contributed by atoms with E-state index in [9.17, 15) is 0 Å². The Balaban J connectivity index is 1.81. The van der Waals surface area contributed by atoms with Crippen molar-refractivity contribution in [2.75, 3.05) is 30.8 Å². The van der Waals surface area contributed by atoms with Gasteiger partial charge >= 0.3 is 0 Å². The third-order valence-corrected chi connectivity index (χ3v) is 3.23. The van der Waals surface area contributed by atoms with Gasteiger partial charge in [-0.2, -0.15) is 4.98 Å². The molecule has 1 fully saturated rings. The number of hydrogen-bond donors (Lipinski definition) is 2. The summed E-state index contributed by atoms with van der Waals surface area (Å²) in [6.45, 7) is 3.83. The molecule has 0 radical (unpaired) electrons. The molecule has 5 heteroatoms. The predicted molar refractivity (Wildman–Crippen MR) is 73.0 cm³/mol. The second kappa shape index (κ2) is 6.54. The van der Waals surface area contributed by atoms with Gasteiger partial charge in [-0.15, -0.1) is 0 Å². The summed E-state index contributed by atoms with van der Waals surface area (Å²) in [4.78, 5) is 8.57. The second-order valence-electron chi connectivity index (χ2n) is 4.68. The van der Waals surface area contributed by atoms with Crippen LogP contribution in [0.15, 0.2) is 6.20 Å². The highest BCUT2D eigenvalue weighted by atomic mass is 16.5. The Bertz CT molecular complexity index is 377. The number of nitrogens with one attached hydrogen (secondary N) is 2.